The molecular weight excluding hydrogens is 258 g/mol. The van der Waals surface area contributed by atoms with Gasteiger partial charge in [-0.25, -0.2) is 0 Å². The zero-order chi connectivity index (χ0) is 14.5. The number of benzene rings is 1. The van der Waals surface area contributed by atoms with Crippen LogP contribution in [-0.4, -0.2) is 41.5 Å². The molecule has 0 aromatic heterocycles. The van der Waals surface area contributed by atoms with Crippen LogP contribution in [0, 0.1) is 17.2 Å². The van der Waals surface area contributed by atoms with E-state index in [-0.39, 0.29) is 18.4 Å². The molecule has 1 amide bonds. The lowest BCUT2D eigenvalue weighted by atomic mass is 10.1. The van der Waals surface area contributed by atoms with Gasteiger partial charge in [-0.15, -0.1) is 0 Å². The van der Waals surface area contributed by atoms with Crippen LogP contribution < -0.4 is 5.32 Å². The average Bonchev–Trinajstić information content (AvgIpc) is 2.87. The number of rotatable bonds is 4. The van der Waals surface area contributed by atoms with Crippen molar-refractivity contribution in [2.24, 2.45) is 5.92 Å². The number of aliphatic carboxylic acids is 1. The number of hydrogen-bond donors (Lipinski definition) is 2. The number of likely N-dealkylation sites (tertiary alicyclic amines) is 1. The Morgan fingerprint density at radius 2 is 2.30 bits per heavy atom. The first-order chi connectivity index (χ1) is 9.58. The fourth-order valence-electron chi connectivity index (χ4n) is 2.25. The van der Waals surface area contributed by atoms with E-state index in [0.29, 0.717) is 30.8 Å². The molecule has 1 aromatic rings. The number of nitrogens with one attached hydrogen (secondary N) is 1. The van der Waals surface area contributed by atoms with Gasteiger partial charge in [0, 0.05) is 12.2 Å². The van der Waals surface area contributed by atoms with Crippen molar-refractivity contribution in [1.82, 2.24) is 4.90 Å². The molecule has 0 aliphatic carbocycles. The Hall–Kier alpha value is -2.39. The molecule has 1 atom stereocenters. The summed E-state index contributed by atoms with van der Waals surface area (Å²) in [6.07, 6.45) is 0.576. The minimum Gasteiger partial charge on any atom is -0.481 e. The number of carbonyl (C=O) groups is 2. The van der Waals surface area contributed by atoms with E-state index in [1.807, 2.05) is 11.0 Å². The maximum absolute atomic E-state index is 11.9. The zero-order valence-corrected chi connectivity index (χ0v) is 10.9. The minimum atomic E-state index is -0.811. The van der Waals surface area contributed by atoms with Gasteiger partial charge in [0.05, 0.1) is 24.1 Å². The van der Waals surface area contributed by atoms with Gasteiger partial charge >= 0.3 is 5.97 Å². The van der Waals surface area contributed by atoms with E-state index < -0.39 is 5.97 Å². The van der Waals surface area contributed by atoms with Crippen molar-refractivity contribution in [2.75, 3.05) is 25.0 Å². The van der Waals surface area contributed by atoms with E-state index in [2.05, 4.69) is 5.32 Å². The number of hydrogen-bond acceptors (Lipinski definition) is 4. The number of amides is 1. The number of nitriles is 1. The van der Waals surface area contributed by atoms with Crippen molar-refractivity contribution in [3.63, 3.8) is 0 Å². The highest BCUT2D eigenvalue weighted by atomic mass is 16.4. The summed E-state index contributed by atoms with van der Waals surface area (Å²) in [5.74, 6) is -1.40. The van der Waals surface area contributed by atoms with Crippen LogP contribution >= 0.6 is 0 Å². The van der Waals surface area contributed by atoms with Crippen molar-refractivity contribution in [3.05, 3.63) is 29.8 Å². The second-order valence-corrected chi connectivity index (χ2v) is 4.80. The first kappa shape index (κ1) is 14.0. The highest BCUT2D eigenvalue weighted by Crippen LogP contribution is 2.16. The molecule has 1 saturated heterocycles. The van der Waals surface area contributed by atoms with Crippen molar-refractivity contribution in [1.29, 1.82) is 5.26 Å². The third-order valence-electron chi connectivity index (χ3n) is 3.26. The van der Waals surface area contributed by atoms with Gasteiger partial charge in [0.25, 0.3) is 0 Å². The normalized spacial score (nSPS) is 18.4. The molecule has 0 spiro atoms. The lowest BCUT2D eigenvalue weighted by molar-refractivity contribution is -0.141. The quantitative estimate of drug-likeness (QED) is 0.850. The van der Waals surface area contributed by atoms with E-state index in [0.717, 1.165) is 0 Å². The van der Waals surface area contributed by atoms with Gasteiger partial charge in [0.1, 0.15) is 0 Å². The Balaban J connectivity index is 1.87. The molecule has 1 aromatic carbocycles. The second kappa shape index (κ2) is 6.17. The van der Waals surface area contributed by atoms with Crippen LogP contribution in [0.15, 0.2) is 24.3 Å². The van der Waals surface area contributed by atoms with Crippen LogP contribution in [0.3, 0.4) is 0 Å². The summed E-state index contributed by atoms with van der Waals surface area (Å²) in [4.78, 5) is 24.5. The lowest BCUT2D eigenvalue weighted by Crippen LogP contribution is -2.32. The van der Waals surface area contributed by atoms with E-state index in [4.69, 9.17) is 10.4 Å². The fourth-order valence-corrected chi connectivity index (χ4v) is 2.25. The van der Waals surface area contributed by atoms with E-state index in [9.17, 15) is 9.59 Å². The predicted molar refractivity (Wildman–Crippen MR) is 72.0 cm³/mol. The third kappa shape index (κ3) is 3.56. The zero-order valence-electron chi connectivity index (χ0n) is 10.9. The summed E-state index contributed by atoms with van der Waals surface area (Å²) in [6.45, 7) is 1.18. The van der Waals surface area contributed by atoms with Crippen LogP contribution in [0.25, 0.3) is 0 Å². The van der Waals surface area contributed by atoms with Crippen LogP contribution in [-0.2, 0) is 9.59 Å². The summed E-state index contributed by atoms with van der Waals surface area (Å²) in [7, 11) is 0. The highest BCUT2D eigenvalue weighted by Gasteiger charge is 2.28. The molecule has 1 fully saturated rings. The molecule has 2 N–H and O–H groups in total. The molecule has 0 bridgehead atoms. The largest absolute Gasteiger partial charge is 0.481 e. The Kier molecular flexibility index (Phi) is 4.33. The van der Waals surface area contributed by atoms with E-state index in [1.54, 1.807) is 24.3 Å². The highest BCUT2D eigenvalue weighted by molar-refractivity contribution is 5.92. The number of carbonyl (C=O) groups excluding carboxylic acids is 1. The molecule has 1 aliphatic rings. The molecule has 1 unspecified atom stereocenters. The number of nitrogens with zero attached hydrogens (tertiary/aromatic N) is 2. The lowest BCUT2D eigenvalue weighted by Gasteiger charge is -2.14. The summed E-state index contributed by atoms with van der Waals surface area (Å²) in [5, 5.41) is 20.4. The van der Waals surface area contributed by atoms with E-state index >= 15 is 0 Å². The molecule has 1 heterocycles. The number of carboxylic acids is 1. The molecular formula is C14H15N3O3. The summed E-state index contributed by atoms with van der Waals surface area (Å²) in [6, 6.07) is 8.67. The van der Waals surface area contributed by atoms with Gasteiger partial charge in [0.15, 0.2) is 0 Å². The topological polar surface area (TPSA) is 93.4 Å². The Bertz CT molecular complexity index is 565. The van der Waals surface area contributed by atoms with Gasteiger partial charge in [-0.3, -0.25) is 14.5 Å². The molecule has 2 rings (SSSR count). The van der Waals surface area contributed by atoms with Crippen LogP contribution in [0.4, 0.5) is 5.69 Å². The van der Waals surface area contributed by atoms with E-state index in [1.165, 1.54) is 0 Å². The fraction of sp³-hybridized carbons (Fsp3) is 0.357. The van der Waals surface area contributed by atoms with Crippen LogP contribution in [0.1, 0.15) is 12.0 Å². The van der Waals surface area contributed by atoms with Crippen LogP contribution in [0.5, 0.6) is 0 Å². The maximum atomic E-state index is 11.9. The SMILES string of the molecule is N#Cc1cccc(NC(=O)CN2CCC(C(=O)O)C2)c1. The molecule has 104 valence electrons. The second-order valence-electron chi connectivity index (χ2n) is 4.80. The monoisotopic (exact) mass is 273 g/mol. The van der Waals surface area contributed by atoms with Crippen molar-refractivity contribution >= 4 is 17.6 Å². The number of anilines is 1. The smallest absolute Gasteiger partial charge is 0.307 e. The number of carboxylic acid groups (broad SMARTS) is 1. The van der Waals surface area contributed by atoms with Crippen LogP contribution in [0.2, 0.25) is 0 Å². The standard InChI is InChI=1S/C14H15N3O3/c15-7-10-2-1-3-12(6-10)16-13(18)9-17-5-4-11(8-17)14(19)20/h1-3,6,11H,4-5,8-9H2,(H,16,18)(H,19,20). The average molecular weight is 273 g/mol. The summed E-state index contributed by atoms with van der Waals surface area (Å²) >= 11 is 0. The van der Waals surface area contributed by atoms with Crippen molar-refractivity contribution in [2.45, 2.75) is 6.42 Å². The Labute approximate surface area is 116 Å². The molecule has 1 aliphatic heterocycles. The molecule has 6 heteroatoms. The van der Waals surface area contributed by atoms with Gasteiger partial charge < -0.3 is 10.4 Å². The third-order valence-corrected chi connectivity index (χ3v) is 3.26. The van der Waals surface area contributed by atoms with Gasteiger partial charge in [-0.1, -0.05) is 6.07 Å². The summed E-state index contributed by atoms with van der Waals surface area (Å²) < 4.78 is 0. The molecule has 0 saturated carbocycles. The van der Waals surface area contributed by atoms with Gasteiger partial charge in [-0.05, 0) is 31.2 Å². The summed E-state index contributed by atoms with van der Waals surface area (Å²) in [5.41, 5.74) is 1.05. The Morgan fingerprint density at radius 3 is 2.95 bits per heavy atom. The van der Waals surface area contributed by atoms with Gasteiger partial charge in [-0.2, -0.15) is 5.26 Å². The first-order valence-electron chi connectivity index (χ1n) is 6.33. The predicted octanol–water partition coefficient (Wildman–Crippen LogP) is 0.903. The maximum Gasteiger partial charge on any atom is 0.307 e. The first-order valence-corrected chi connectivity index (χ1v) is 6.33. The molecule has 0 radical (unpaired) electrons. The molecule has 6 nitrogen and oxygen atoms in total. The Morgan fingerprint density at radius 1 is 1.50 bits per heavy atom. The van der Waals surface area contributed by atoms with Crippen molar-refractivity contribution < 1.29 is 14.7 Å². The van der Waals surface area contributed by atoms with Crippen molar-refractivity contribution in [3.8, 4) is 6.07 Å². The minimum absolute atomic E-state index is 0.167. The molecule has 20 heavy (non-hydrogen) atoms. The van der Waals surface area contributed by atoms with Gasteiger partial charge in [0.2, 0.25) is 5.91 Å².